The number of hydrogen-bond acceptors (Lipinski definition) is 7. The Morgan fingerprint density at radius 2 is 2.00 bits per heavy atom. The molecule has 0 bridgehead atoms. The van der Waals surface area contributed by atoms with Gasteiger partial charge in [-0.15, -0.1) is 0 Å². The van der Waals surface area contributed by atoms with Crippen LogP contribution in [0.15, 0.2) is 16.7 Å². The van der Waals surface area contributed by atoms with Gasteiger partial charge in [-0.05, 0) is 72.8 Å². The van der Waals surface area contributed by atoms with Gasteiger partial charge in [0.25, 0.3) is 0 Å². The normalized spacial score (nSPS) is 11.7. The number of fused-ring (bicyclic) bond motifs is 1. The third kappa shape index (κ3) is 5.95. The van der Waals surface area contributed by atoms with Crippen LogP contribution in [0.2, 0.25) is 0 Å². The minimum Gasteiger partial charge on any atom is -0.462 e. The van der Waals surface area contributed by atoms with Crippen molar-refractivity contribution in [2.24, 2.45) is 0 Å². The number of ether oxygens (including phenoxy) is 2. The van der Waals surface area contributed by atoms with Gasteiger partial charge in [0.2, 0.25) is 5.88 Å². The van der Waals surface area contributed by atoms with Crippen LogP contribution >= 0.6 is 0 Å². The van der Waals surface area contributed by atoms with Crippen molar-refractivity contribution in [2.45, 2.75) is 46.1 Å². The van der Waals surface area contributed by atoms with Crippen molar-refractivity contribution in [3.8, 4) is 0 Å². The Hall–Kier alpha value is -2.61. The lowest BCUT2D eigenvalue weighted by Crippen LogP contribution is -2.27. The second-order valence-electron chi connectivity index (χ2n) is 7.75. The van der Waals surface area contributed by atoms with Crippen molar-refractivity contribution < 1.29 is 23.5 Å². The lowest BCUT2D eigenvalue weighted by atomic mass is 10.1. The van der Waals surface area contributed by atoms with E-state index in [1.807, 2.05) is 20.2 Å². The summed E-state index contributed by atoms with van der Waals surface area (Å²) < 4.78 is 16.1. The summed E-state index contributed by atoms with van der Waals surface area (Å²) in [7, 11) is 4.04. The lowest BCUT2D eigenvalue weighted by Gasteiger charge is -2.19. The van der Waals surface area contributed by atoms with Gasteiger partial charge in [-0.25, -0.2) is 9.59 Å². The van der Waals surface area contributed by atoms with E-state index in [1.54, 1.807) is 33.9 Å². The summed E-state index contributed by atoms with van der Waals surface area (Å²) in [6, 6.07) is 1.83. The number of anilines is 1. The number of rotatable bonds is 7. The molecule has 0 unspecified atom stereocenters. The Labute approximate surface area is 165 Å². The topological polar surface area (TPSA) is 93.9 Å². The number of pyridine rings is 1. The third-order valence-electron chi connectivity index (χ3n) is 3.75. The van der Waals surface area contributed by atoms with Crippen LogP contribution in [-0.4, -0.2) is 54.8 Å². The first-order valence-electron chi connectivity index (χ1n) is 9.34. The maximum Gasteiger partial charge on any atom is 0.414 e. The highest BCUT2D eigenvalue weighted by Crippen LogP contribution is 2.30. The van der Waals surface area contributed by atoms with E-state index in [4.69, 9.17) is 13.9 Å². The highest BCUT2D eigenvalue weighted by atomic mass is 16.6. The van der Waals surface area contributed by atoms with E-state index >= 15 is 0 Å². The average molecular weight is 391 g/mol. The number of hydrogen-bond donors (Lipinski definition) is 1. The Kier molecular flexibility index (Phi) is 7.01. The van der Waals surface area contributed by atoms with Crippen molar-refractivity contribution in [1.82, 2.24) is 9.88 Å². The molecule has 154 valence electrons. The van der Waals surface area contributed by atoms with E-state index in [1.165, 1.54) is 0 Å². The first-order valence-corrected chi connectivity index (χ1v) is 9.34. The van der Waals surface area contributed by atoms with Crippen molar-refractivity contribution in [1.29, 1.82) is 0 Å². The number of amides is 1. The molecule has 8 nitrogen and oxygen atoms in total. The van der Waals surface area contributed by atoms with Gasteiger partial charge >= 0.3 is 12.1 Å². The quantitative estimate of drug-likeness (QED) is 0.717. The molecule has 0 radical (unpaired) electrons. The van der Waals surface area contributed by atoms with Crippen LogP contribution in [0.5, 0.6) is 0 Å². The van der Waals surface area contributed by atoms with E-state index in [0.29, 0.717) is 11.1 Å². The summed E-state index contributed by atoms with van der Waals surface area (Å²) in [5.41, 5.74) is 1.15. The molecule has 2 rings (SSSR count). The molecule has 0 saturated heterocycles. The fraction of sp³-hybridized carbons (Fsp3) is 0.550. The molecular formula is C20H29N3O5. The molecule has 0 atom stereocenters. The van der Waals surface area contributed by atoms with Crippen LogP contribution in [0.3, 0.4) is 0 Å². The molecule has 1 N–H and O–H groups in total. The van der Waals surface area contributed by atoms with Gasteiger partial charge in [-0.2, -0.15) is 0 Å². The average Bonchev–Trinajstić information content (AvgIpc) is 2.89. The third-order valence-corrected chi connectivity index (χ3v) is 3.75. The van der Waals surface area contributed by atoms with Gasteiger partial charge < -0.3 is 18.8 Å². The maximum absolute atomic E-state index is 12.4. The highest BCUT2D eigenvalue weighted by Gasteiger charge is 2.26. The van der Waals surface area contributed by atoms with E-state index in [-0.39, 0.29) is 18.1 Å². The predicted molar refractivity (Wildman–Crippen MR) is 107 cm³/mol. The maximum atomic E-state index is 12.4. The molecule has 8 heteroatoms. The Balaban J connectivity index is 2.33. The molecule has 0 aromatic carbocycles. The largest absolute Gasteiger partial charge is 0.462 e. The van der Waals surface area contributed by atoms with E-state index in [9.17, 15) is 9.59 Å². The zero-order valence-electron chi connectivity index (χ0n) is 17.4. The second-order valence-corrected chi connectivity index (χ2v) is 7.75. The van der Waals surface area contributed by atoms with Crippen molar-refractivity contribution in [2.75, 3.05) is 32.6 Å². The zero-order chi connectivity index (χ0) is 20.9. The Morgan fingerprint density at radius 1 is 1.29 bits per heavy atom. The summed E-state index contributed by atoms with van der Waals surface area (Å²) in [5.74, 6) is -0.638. The first-order chi connectivity index (χ1) is 13.1. The van der Waals surface area contributed by atoms with Crippen LogP contribution in [0.4, 0.5) is 10.7 Å². The molecule has 0 aliphatic carbocycles. The molecule has 0 fully saturated rings. The van der Waals surface area contributed by atoms with Gasteiger partial charge in [0.15, 0.2) is 5.58 Å². The van der Waals surface area contributed by atoms with Gasteiger partial charge in [0.1, 0.15) is 16.7 Å². The molecule has 2 aromatic heterocycles. The summed E-state index contributed by atoms with van der Waals surface area (Å²) in [5, 5.41) is 2.50. The number of carbonyl (C=O) groups excluding carboxylic acids is 2. The fourth-order valence-electron chi connectivity index (χ4n) is 2.63. The van der Waals surface area contributed by atoms with Crippen molar-refractivity contribution in [3.05, 3.63) is 23.4 Å². The van der Waals surface area contributed by atoms with E-state index < -0.39 is 17.7 Å². The SMILES string of the molecule is CCOC(=O)c1c(NC(=O)OC(C)(C)C)oc2cc(CCCN(C)C)cnc12. The Morgan fingerprint density at radius 3 is 2.61 bits per heavy atom. The van der Waals surface area contributed by atoms with Crippen LogP contribution in [0, 0.1) is 0 Å². The molecule has 0 saturated carbocycles. The van der Waals surface area contributed by atoms with Gasteiger partial charge in [-0.1, -0.05) is 0 Å². The van der Waals surface area contributed by atoms with E-state index in [2.05, 4.69) is 15.2 Å². The number of aryl methyl sites for hydroxylation is 1. The van der Waals surface area contributed by atoms with Crippen molar-refractivity contribution in [3.63, 3.8) is 0 Å². The van der Waals surface area contributed by atoms with Crippen LogP contribution < -0.4 is 5.32 Å². The molecule has 0 aliphatic heterocycles. The monoisotopic (exact) mass is 391 g/mol. The molecule has 2 heterocycles. The first kappa shape index (κ1) is 21.7. The number of nitrogens with zero attached hydrogens (tertiary/aromatic N) is 2. The number of esters is 1. The van der Waals surface area contributed by atoms with Crippen molar-refractivity contribution >= 4 is 29.0 Å². The molecule has 0 spiro atoms. The fourth-order valence-corrected chi connectivity index (χ4v) is 2.63. The number of carbonyl (C=O) groups is 2. The second kappa shape index (κ2) is 9.05. The van der Waals surface area contributed by atoms with Gasteiger partial charge in [0.05, 0.1) is 6.61 Å². The highest BCUT2D eigenvalue weighted by molar-refractivity contribution is 6.08. The molecular weight excluding hydrogens is 362 g/mol. The van der Waals surface area contributed by atoms with Gasteiger partial charge in [-0.3, -0.25) is 10.3 Å². The van der Waals surface area contributed by atoms with Crippen LogP contribution in [-0.2, 0) is 15.9 Å². The lowest BCUT2D eigenvalue weighted by molar-refractivity contribution is 0.0529. The zero-order valence-corrected chi connectivity index (χ0v) is 17.4. The predicted octanol–water partition coefficient (Wildman–Crippen LogP) is 3.85. The summed E-state index contributed by atoms with van der Waals surface area (Å²) in [4.78, 5) is 31.1. The minimum atomic E-state index is -0.719. The molecule has 1 amide bonds. The van der Waals surface area contributed by atoms with Crippen LogP contribution in [0.1, 0.15) is 50.0 Å². The number of furan rings is 1. The number of nitrogens with one attached hydrogen (secondary N) is 1. The summed E-state index contributed by atoms with van der Waals surface area (Å²) >= 11 is 0. The van der Waals surface area contributed by atoms with Crippen LogP contribution in [0.25, 0.3) is 11.1 Å². The minimum absolute atomic E-state index is 0.0272. The molecule has 0 aliphatic rings. The number of aromatic nitrogens is 1. The summed E-state index contributed by atoms with van der Waals surface area (Å²) in [6.45, 7) is 8.10. The standard InChI is InChI=1S/C20H29N3O5/c1-7-26-18(24)15-16-14(11-13(12-21-16)9-8-10-23(5)6)27-17(15)22-19(25)28-20(2,3)4/h11-12H,7-10H2,1-6H3,(H,22,25). The van der Waals surface area contributed by atoms with Gasteiger partial charge in [0, 0.05) is 6.20 Å². The summed E-state index contributed by atoms with van der Waals surface area (Å²) in [6.07, 6.45) is 2.79. The smallest absolute Gasteiger partial charge is 0.414 e. The Bertz CT molecular complexity index is 836. The molecule has 2 aromatic rings. The molecule has 28 heavy (non-hydrogen) atoms. The van der Waals surface area contributed by atoms with E-state index in [0.717, 1.165) is 24.9 Å².